The molecule has 0 spiro atoms. The normalized spacial score (nSPS) is 21.5. The summed E-state index contributed by atoms with van der Waals surface area (Å²) in [6.07, 6.45) is 0.663. The first-order valence-corrected chi connectivity index (χ1v) is 6.16. The molecule has 2 rings (SSSR count). The maximum atomic E-state index is 9.48. The van der Waals surface area contributed by atoms with Gasteiger partial charge in [0.1, 0.15) is 5.75 Å². The average molecular weight is 236 g/mol. The number of benzene rings is 1. The van der Waals surface area contributed by atoms with Gasteiger partial charge in [-0.15, -0.1) is 0 Å². The lowest BCUT2D eigenvalue weighted by Crippen LogP contribution is -2.12. The highest BCUT2D eigenvalue weighted by Crippen LogP contribution is 2.24. The first kappa shape index (κ1) is 12.4. The van der Waals surface area contributed by atoms with Crippen molar-refractivity contribution in [1.82, 2.24) is 0 Å². The molecular formula is C14H20O3. The maximum Gasteiger partial charge on any atom is 0.122 e. The Morgan fingerprint density at radius 1 is 1.53 bits per heavy atom. The van der Waals surface area contributed by atoms with Gasteiger partial charge in [0.15, 0.2) is 0 Å². The zero-order valence-electron chi connectivity index (χ0n) is 10.5. The van der Waals surface area contributed by atoms with Crippen LogP contribution in [-0.4, -0.2) is 24.9 Å². The highest BCUT2D eigenvalue weighted by atomic mass is 16.5. The van der Waals surface area contributed by atoms with Crippen LogP contribution in [0, 0.1) is 12.8 Å². The number of hydrogen-bond donors (Lipinski definition) is 1. The first-order chi connectivity index (χ1) is 8.16. The van der Waals surface area contributed by atoms with Crippen LogP contribution in [0.2, 0.25) is 0 Å². The molecule has 1 aromatic carbocycles. The summed E-state index contributed by atoms with van der Waals surface area (Å²) < 4.78 is 11.1. The van der Waals surface area contributed by atoms with Crippen LogP contribution in [0.15, 0.2) is 18.2 Å². The van der Waals surface area contributed by atoms with Crippen molar-refractivity contribution in [3.05, 3.63) is 29.3 Å². The van der Waals surface area contributed by atoms with E-state index >= 15 is 0 Å². The van der Waals surface area contributed by atoms with E-state index in [1.807, 2.05) is 25.1 Å². The van der Waals surface area contributed by atoms with Crippen molar-refractivity contribution in [1.29, 1.82) is 0 Å². The number of aliphatic hydroxyl groups is 1. The Morgan fingerprint density at radius 3 is 2.94 bits per heavy atom. The van der Waals surface area contributed by atoms with Crippen LogP contribution in [0.1, 0.15) is 30.6 Å². The molecule has 1 aliphatic rings. The van der Waals surface area contributed by atoms with E-state index in [2.05, 4.69) is 0 Å². The summed E-state index contributed by atoms with van der Waals surface area (Å²) >= 11 is 0. The van der Waals surface area contributed by atoms with Crippen molar-refractivity contribution >= 4 is 0 Å². The van der Waals surface area contributed by atoms with Crippen LogP contribution in [0.4, 0.5) is 0 Å². The molecule has 1 aliphatic heterocycles. The molecular weight excluding hydrogens is 216 g/mol. The van der Waals surface area contributed by atoms with E-state index < -0.39 is 6.10 Å². The van der Waals surface area contributed by atoms with Gasteiger partial charge in [0.25, 0.3) is 0 Å². The molecule has 1 aromatic rings. The molecule has 0 aromatic heterocycles. The van der Waals surface area contributed by atoms with E-state index in [0.29, 0.717) is 5.92 Å². The Morgan fingerprint density at radius 2 is 2.35 bits per heavy atom. The lowest BCUT2D eigenvalue weighted by atomic mass is 10.1. The van der Waals surface area contributed by atoms with Gasteiger partial charge in [-0.25, -0.2) is 0 Å². The van der Waals surface area contributed by atoms with Crippen LogP contribution in [0.5, 0.6) is 5.75 Å². The smallest absolute Gasteiger partial charge is 0.122 e. The van der Waals surface area contributed by atoms with Gasteiger partial charge in [-0.1, -0.05) is 6.07 Å². The van der Waals surface area contributed by atoms with Gasteiger partial charge in [-0.3, -0.25) is 0 Å². The van der Waals surface area contributed by atoms with Gasteiger partial charge in [-0.05, 0) is 43.5 Å². The van der Waals surface area contributed by atoms with Gasteiger partial charge in [-0.2, -0.15) is 0 Å². The second kappa shape index (κ2) is 5.52. The maximum absolute atomic E-state index is 9.48. The number of hydrogen-bond acceptors (Lipinski definition) is 3. The van der Waals surface area contributed by atoms with Crippen LogP contribution in [-0.2, 0) is 4.74 Å². The third-order valence-electron chi connectivity index (χ3n) is 3.18. The molecule has 2 unspecified atom stereocenters. The summed E-state index contributed by atoms with van der Waals surface area (Å²) in [7, 11) is 0. The molecule has 0 saturated carbocycles. The quantitative estimate of drug-likeness (QED) is 0.872. The third kappa shape index (κ3) is 3.20. The fourth-order valence-corrected chi connectivity index (χ4v) is 2.02. The molecule has 0 amide bonds. The Labute approximate surface area is 102 Å². The monoisotopic (exact) mass is 236 g/mol. The van der Waals surface area contributed by atoms with Crippen molar-refractivity contribution in [3.63, 3.8) is 0 Å². The predicted octanol–water partition coefficient (Wildman–Crippen LogP) is 2.46. The number of aryl methyl sites for hydroxylation is 1. The molecule has 0 aliphatic carbocycles. The molecule has 0 radical (unpaired) electrons. The van der Waals surface area contributed by atoms with E-state index in [4.69, 9.17) is 9.47 Å². The molecule has 3 nitrogen and oxygen atoms in total. The van der Waals surface area contributed by atoms with Crippen molar-refractivity contribution < 1.29 is 14.6 Å². The average Bonchev–Trinajstić information content (AvgIpc) is 2.80. The third-order valence-corrected chi connectivity index (χ3v) is 3.18. The van der Waals surface area contributed by atoms with E-state index in [0.717, 1.165) is 43.1 Å². The molecule has 2 atom stereocenters. The number of ether oxygens (including phenoxy) is 2. The highest BCUT2D eigenvalue weighted by Gasteiger charge is 2.16. The molecule has 3 heteroatoms. The van der Waals surface area contributed by atoms with Crippen LogP contribution in [0.3, 0.4) is 0 Å². The minimum absolute atomic E-state index is 0.425. The molecule has 17 heavy (non-hydrogen) atoms. The Kier molecular flexibility index (Phi) is 4.02. The fourth-order valence-electron chi connectivity index (χ4n) is 2.02. The van der Waals surface area contributed by atoms with Gasteiger partial charge in [0.05, 0.1) is 19.3 Å². The van der Waals surface area contributed by atoms with Gasteiger partial charge >= 0.3 is 0 Å². The SMILES string of the molecule is Cc1cc(C(C)O)ccc1OCC1CCOC1. The minimum atomic E-state index is -0.425. The largest absolute Gasteiger partial charge is 0.493 e. The summed E-state index contributed by atoms with van der Waals surface area (Å²) in [4.78, 5) is 0. The second-order valence-electron chi connectivity index (χ2n) is 4.74. The Hall–Kier alpha value is -1.06. The van der Waals surface area contributed by atoms with Crippen LogP contribution >= 0.6 is 0 Å². The second-order valence-corrected chi connectivity index (χ2v) is 4.74. The van der Waals surface area contributed by atoms with Crippen molar-refractivity contribution in [2.24, 2.45) is 5.92 Å². The molecule has 1 heterocycles. The molecule has 94 valence electrons. The Balaban J connectivity index is 1.96. The molecule has 1 N–H and O–H groups in total. The van der Waals surface area contributed by atoms with E-state index in [-0.39, 0.29) is 0 Å². The zero-order valence-corrected chi connectivity index (χ0v) is 10.5. The van der Waals surface area contributed by atoms with Gasteiger partial charge in [0.2, 0.25) is 0 Å². The lowest BCUT2D eigenvalue weighted by Gasteiger charge is -2.14. The van der Waals surface area contributed by atoms with E-state index in [1.165, 1.54) is 0 Å². The zero-order chi connectivity index (χ0) is 12.3. The van der Waals surface area contributed by atoms with Crippen molar-refractivity contribution in [2.75, 3.05) is 19.8 Å². The minimum Gasteiger partial charge on any atom is -0.493 e. The predicted molar refractivity (Wildman–Crippen MR) is 66.2 cm³/mol. The Bertz CT molecular complexity index is 368. The summed E-state index contributed by atoms with van der Waals surface area (Å²) in [5.41, 5.74) is 2.00. The van der Waals surface area contributed by atoms with Gasteiger partial charge in [0, 0.05) is 12.5 Å². The number of rotatable bonds is 4. The van der Waals surface area contributed by atoms with Crippen molar-refractivity contribution in [2.45, 2.75) is 26.4 Å². The van der Waals surface area contributed by atoms with E-state index in [9.17, 15) is 5.11 Å². The highest BCUT2D eigenvalue weighted by molar-refractivity contribution is 5.36. The molecule has 1 fully saturated rings. The van der Waals surface area contributed by atoms with Crippen LogP contribution in [0.25, 0.3) is 0 Å². The first-order valence-electron chi connectivity index (χ1n) is 6.16. The number of aliphatic hydroxyl groups excluding tert-OH is 1. The molecule has 0 bridgehead atoms. The summed E-state index contributed by atoms with van der Waals surface area (Å²) in [6, 6.07) is 5.83. The van der Waals surface area contributed by atoms with Gasteiger partial charge < -0.3 is 14.6 Å². The summed E-state index contributed by atoms with van der Waals surface area (Å²) in [6.45, 7) is 6.16. The van der Waals surface area contributed by atoms with E-state index in [1.54, 1.807) is 6.92 Å². The topological polar surface area (TPSA) is 38.7 Å². The summed E-state index contributed by atoms with van der Waals surface area (Å²) in [5, 5.41) is 9.48. The fraction of sp³-hybridized carbons (Fsp3) is 0.571. The molecule has 1 saturated heterocycles. The van der Waals surface area contributed by atoms with Crippen LogP contribution < -0.4 is 4.74 Å². The summed E-state index contributed by atoms with van der Waals surface area (Å²) in [5.74, 6) is 1.42. The van der Waals surface area contributed by atoms with Crippen molar-refractivity contribution in [3.8, 4) is 5.75 Å². The standard InChI is InChI=1S/C14H20O3/c1-10-7-13(11(2)15)3-4-14(10)17-9-12-5-6-16-8-12/h3-4,7,11-12,15H,5-6,8-9H2,1-2H3. The lowest BCUT2D eigenvalue weighted by molar-refractivity contribution is 0.166.